The number of carbonyl (C=O) groups excluding carboxylic acids is 1. The van der Waals surface area contributed by atoms with Crippen LogP contribution in [0, 0.1) is 0 Å². The lowest BCUT2D eigenvalue weighted by molar-refractivity contribution is -0.135. The highest BCUT2D eigenvalue weighted by Gasteiger charge is 2.23. The molecule has 1 heterocycles. The second kappa shape index (κ2) is 10.5. The summed E-state index contributed by atoms with van der Waals surface area (Å²) in [6.07, 6.45) is 0.212. The molecule has 0 saturated carbocycles. The van der Waals surface area contributed by atoms with Crippen molar-refractivity contribution in [3.63, 3.8) is 0 Å². The number of benzene rings is 1. The molecule has 1 saturated heterocycles. The van der Waals surface area contributed by atoms with Crippen LogP contribution in [0.4, 0.5) is 0 Å². The lowest BCUT2D eigenvalue weighted by Crippen LogP contribution is -2.50. The highest BCUT2D eigenvalue weighted by Crippen LogP contribution is 2.07. The lowest BCUT2D eigenvalue weighted by atomic mass is 10.2. The smallest absolute Gasteiger partial charge is 0.225 e. The highest BCUT2D eigenvalue weighted by atomic mass is 16.5. The van der Waals surface area contributed by atoms with E-state index in [2.05, 4.69) is 41.1 Å². The lowest BCUT2D eigenvalue weighted by Gasteiger charge is -2.36. The third-order valence-electron chi connectivity index (χ3n) is 4.82. The van der Waals surface area contributed by atoms with E-state index in [0.29, 0.717) is 13.0 Å². The van der Waals surface area contributed by atoms with Crippen molar-refractivity contribution >= 4 is 5.91 Å². The van der Waals surface area contributed by atoms with Crippen LogP contribution in [0.3, 0.4) is 0 Å². The summed E-state index contributed by atoms with van der Waals surface area (Å²) in [5.41, 5.74) is 6.94. The molecule has 2 N–H and O–H groups in total. The second-order valence-corrected chi connectivity index (χ2v) is 6.74. The topological polar surface area (TPSA) is 62.0 Å². The summed E-state index contributed by atoms with van der Waals surface area (Å²) in [6, 6.07) is 10.5. The maximum Gasteiger partial charge on any atom is 0.225 e. The standard InChI is InChI=1S/C19H32N4O2/c1-21(16-17-6-4-3-5-7-17)8-9-22-10-12-23(13-11-22)19(24)14-18(15-20)25-2/h3-7,18H,8-16,20H2,1-2H3. The van der Waals surface area contributed by atoms with Crippen molar-refractivity contribution in [1.29, 1.82) is 0 Å². The van der Waals surface area contributed by atoms with Crippen LogP contribution in [0.5, 0.6) is 0 Å². The number of carbonyl (C=O) groups is 1. The van der Waals surface area contributed by atoms with Crippen molar-refractivity contribution in [2.24, 2.45) is 5.73 Å². The molecule has 2 rings (SSSR count). The van der Waals surface area contributed by atoms with Gasteiger partial charge in [0.05, 0.1) is 12.5 Å². The molecule has 0 spiro atoms. The molecule has 1 unspecified atom stereocenters. The van der Waals surface area contributed by atoms with Gasteiger partial charge in [0, 0.05) is 59.5 Å². The molecule has 6 nitrogen and oxygen atoms in total. The Morgan fingerprint density at radius 1 is 1.24 bits per heavy atom. The first-order valence-corrected chi connectivity index (χ1v) is 9.08. The Balaban J connectivity index is 1.65. The summed E-state index contributed by atoms with van der Waals surface area (Å²) in [4.78, 5) is 19.0. The van der Waals surface area contributed by atoms with Gasteiger partial charge in [-0.2, -0.15) is 0 Å². The molecule has 1 aromatic rings. The molecule has 0 radical (unpaired) electrons. The fraction of sp³-hybridized carbons (Fsp3) is 0.632. The van der Waals surface area contributed by atoms with Crippen molar-refractivity contribution in [1.82, 2.24) is 14.7 Å². The summed E-state index contributed by atoms with van der Waals surface area (Å²) in [6.45, 7) is 6.88. The van der Waals surface area contributed by atoms with Gasteiger partial charge >= 0.3 is 0 Å². The fourth-order valence-corrected chi connectivity index (χ4v) is 3.09. The molecule has 1 aromatic carbocycles. The normalized spacial score (nSPS) is 17.0. The first-order valence-electron chi connectivity index (χ1n) is 9.08. The Hall–Kier alpha value is -1.47. The number of nitrogens with zero attached hydrogens (tertiary/aromatic N) is 3. The van der Waals surface area contributed by atoms with Gasteiger partial charge in [0.2, 0.25) is 5.91 Å². The van der Waals surface area contributed by atoms with Crippen LogP contribution in [0.1, 0.15) is 12.0 Å². The van der Waals surface area contributed by atoms with Gasteiger partial charge in [-0.3, -0.25) is 9.69 Å². The molecule has 0 aromatic heterocycles. The Bertz CT molecular complexity index is 499. The zero-order valence-electron chi connectivity index (χ0n) is 15.6. The minimum Gasteiger partial charge on any atom is -0.380 e. The van der Waals surface area contributed by atoms with Gasteiger partial charge in [-0.1, -0.05) is 30.3 Å². The Labute approximate surface area is 151 Å². The van der Waals surface area contributed by atoms with E-state index < -0.39 is 0 Å². The number of nitrogens with two attached hydrogens (primary N) is 1. The predicted octanol–water partition coefficient (Wildman–Crippen LogP) is 0.626. The number of likely N-dealkylation sites (N-methyl/N-ethyl adjacent to an activating group) is 1. The molecule has 1 amide bonds. The summed E-state index contributed by atoms with van der Waals surface area (Å²) in [5.74, 6) is 0.151. The summed E-state index contributed by atoms with van der Waals surface area (Å²) in [5, 5.41) is 0. The van der Waals surface area contributed by atoms with Gasteiger partial charge in [-0.15, -0.1) is 0 Å². The van der Waals surface area contributed by atoms with Crippen molar-refractivity contribution in [2.75, 3.05) is 60.0 Å². The quantitative estimate of drug-likeness (QED) is 0.709. The predicted molar refractivity (Wildman–Crippen MR) is 100 cm³/mol. The minimum absolute atomic E-state index is 0.151. The van der Waals surface area contributed by atoms with E-state index in [1.165, 1.54) is 5.56 Å². The molecule has 1 aliphatic heterocycles. The zero-order valence-corrected chi connectivity index (χ0v) is 15.6. The van der Waals surface area contributed by atoms with Crippen LogP contribution in [-0.4, -0.2) is 86.7 Å². The van der Waals surface area contributed by atoms with Crippen molar-refractivity contribution in [3.8, 4) is 0 Å². The number of methoxy groups -OCH3 is 1. The molecule has 1 aliphatic rings. The van der Waals surface area contributed by atoms with Crippen molar-refractivity contribution in [2.45, 2.75) is 19.1 Å². The molecule has 1 atom stereocenters. The average Bonchev–Trinajstić information content (AvgIpc) is 2.65. The van der Waals surface area contributed by atoms with E-state index in [-0.39, 0.29) is 12.0 Å². The molecule has 140 valence electrons. The van der Waals surface area contributed by atoms with Crippen LogP contribution < -0.4 is 5.73 Å². The van der Waals surface area contributed by atoms with Crippen LogP contribution in [0.25, 0.3) is 0 Å². The molecule has 1 fully saturated rings. The Morgan fingerprint density at radius 3 is 2.52 bits per heavy atom. The highest BCUT2D eigenvalue weighted by molar-refractivity contribution is 5.76. The molecular weight excluding hydrogens is 316 g/mol. The van der Waals surface area contributed by atoms with Crippen LogP contribution >= 0.6 is 0 Å². The van der Waals surface area contributed by atoms with E-state index in [1.807, 2.05) is 11.0 Å². The summed E-state index contributed by atoms with van der Waals surface area (Å²) in [7, 11) is 3.76. The molecule has 0 aliphatic carbocycles. The van der Waals surface area contributed by atoms with E-state index in [0.717, 1.165) is 45.8 Å². The van der Waals surface area contributed by atoms with Gasteiger partial charge in [0.15, 0.2) is 0 Å². The Kier molecular flexibility index (Phi) is 8.34. The molecule has 0 bridgehead atoms. The molecule has 6 heteroatoms. The van der Waals surface area contributed by atoms with Crippen LogP contribution in [-0.2, 0) is 16.1 Å². The van der Waals surface area contributed by atoms with Gasteiger partial charge in [0.25, 0.3) is 0 Å². The van der Waals surface area contributed by atoms with Gasteiger partial charge in [-0.05, 0) is 12.6 Å². The second-order valence-electron chi connectivity index (χ2n) is 6.74. The number of rotatable bonds is 9. The molecular formula is C19H32N4O2. The number of ether oxygens (including phenoxy) is 1. The number of piperazine rings is 1. The number of amides is 1. The third kappa shape index (κ3) is 6.74. The van der Waals surface area contributed by atoms with Gasteiger partial charge in [0.1, 0.15) is 0 Å². The maximum atomic E-state index is 12.3. The fourth-order valence-electron chi connectivity index (χ4n) is 3.09. The number of hydrogen-bond acceptors (Lipinski definition) is 5. The van der Waals surface area contributed by atoms with Crippen molar-refractivity contribution < 1.29 is 9.53 Å². The first kappa shape index (κ1) is 19.8. The van der Waals surface area contributed by atoms with E-state index in [9.17, 15) is 4.79 Å². The van der Waals surface area contributed by atoms with E-state index in [1.54, 1.807) is 7.11 Å². The van der Waals surface area contributed by atoms with Crippen LogP contribution in [0.15, 0.2) is 30.3 Å². The average molecular weight is 348 g/mol. The van der Waals surface area contributed by atoms with Crippen LogP contribution in [0.2, 0.25) is 0 Å². The zero-order chi connectivity index (χ0) is 18.1. The van der Waals surface area contributed by atoms with Gasteiger partial charge in [-0.25, -0.2) is 0 Å². The van der Waals surface area contributed by atoms with Gasteiger partial charge < -0.3 is 20.3 Å². The largest absolute Gasteiger partial charge is 0.380 e. The first-order chi connectivity index (χ1) is 12.1. The number of hydrogen-bond donors (Lipinski definition) is 1. The minimum atomic E-state index is -0.169. The van der Waals surface area contributed by atoms with E-state index in [4.69, 9.17) is 10.5 Å². The SMILES string of the molecule is COC(CN)CC(=O)N1CCN(CCN(C)Cc2ccccc2)CC1. The third-order valence-corrected chi connectivity index (χ3v) is 4.82. The summed E-state index contributed by atoms with van der Waals surface area (Å²) < 4.78 is 5.21. The van der Waals surface area contributed by atoms with E-state index >= 15 is 0 Å². The maximum absolute atomic E-state index is 12.3. The Morgan fingerprint density at radius 2 is 1.92 bits per heavy atom. The molecule has 25 heavy (non-hydrogen) atoms. The summed E-state index contributed by atoms with van der Waals surface area (Å²) >= 11 is 0. The van der Waals surface area contributed by atoms with Crippen molar-refractivity contribution in [3.05, 3.63) is 35.9 Å². The monoisotopic (exact) mass is 348 g/mol.